The van der Waals surface area contributed by atoms with E-state index in [9.17, 15) is 4.79 Å². The first-order valence-electron chi connectivity index (χ1n) is 5.55. The van der Waals surface area contributed by atoms with Crippen LogP contribution in [0.25, 0.3) is 0 Å². The van der Waals surface area contributed by atoms with Gasteiger partial charge in [-0.2, -0.15) is 0 Å². The number of nitrogens with two attached hydrogens (primary N) is 1. The number of carbonyl (C=O) groups is 1. The minimum Gasteiger partial charge on any atom is -0.398 e. The molecule has 0 bridgehead atoms. The molecule has 1 heterocycles. The third kappa shape index (κ3) is 1.91. The first kappa shape index (κ1) is 12.2. The average molecular weight is 291 g/mol. The number of ketones is 1. The summed E-state index contributed by atoms with van der Waals surface area (Å²) in [7, 11) is 0. The maximum Gasteiger partial charge on any atom is 0.214 e. The van der Waals surface area contributed by atoms with Crippen molar-refractivity contribution in [2.24, 2.45) is 4.99 Å². The zero-order chi connectivity index (χ0) is 13.6. The zero-order valence-electron chi connectivity index (χ0n) is 9.65. The number of halogens is 2. The molecule has 1 aliphatic rings. The largest absolute Gasteiger partial charge is 0.398 e. The van der Waals surface area contributed by atoms with E-state index in [1.54, 1.807) is 30.3 Å². The van der Waals surface area contributed by atoms with Crippen molar-refractivity contribution in [3.8, 4) is 0 Å². The highest BCUT2D eigenvalue weighted by Gasteiger charge is 2.28. The summed E-state index contributed by atoms with van der Waals surface area (Å²) in [4.78, 5) is 16.6. The Balaban J connectivity index is 2.19. The lowest BCUT2D eigenvalue weighted by Crippen LogP contribution is -2.14. The van der Waals surface area contributed by atoms with E-state index in [4.69, 9.17) is 28.9 Å². The maximum absolute atomic E-state index is 12.3. The van der Waals surface area contributed by atoms with Crippen molar-refractivity contribution in [2.45, 2.75) is 0 Å². The summed E-state index contributed by atoms with van der Waals surface area (Å²) in [5, 5.41) is 0.750. The Bertz CT molecular complexity index is 715. The summed E-state index contributed by atoms with van der Waals surface area (Å²) in [5.41, 5.74) is 8.13. The number of benzene rings is 2. The number of aliphatic imine (C=N–C) groups is 1. The molecule has 5 heteroatoms. The van der Waals surface area contributed by atoms with Crippen LogP contribution in [-0.4, -0.2) is 11.5 Å². The number of rotatable bonds is 1. The number of fused-ring (bicyclic) bond motifs is 1. The number of nitrogens with zero attached hydrogens (tertiary/aromatic N) is 1. The van der Waals surface area contributed by atoms with E-state index in [1.807, 2.05) is 6.07 Å². The molecule has 19 heavy (non-hydrogen) atoms. The van der Waals surface area contributed by atoms with Crippen molar-refractivity contribution in [1.82, 2.24) is 0 Å². The fourth-order valence-electron chi connectivity index (χ4n) is 2.07. The monoisotopic (exact) mass is 290 g/mol. The predicted molar refractivity (Wildman–Crippen MR) is 77.8 cm³/mol. The molecular weight excluding hydrogens is 283 g/mol. The van der Waals surface area contributed by atoms with Crippen LogP contribution in [0.1, 0.15) is 15.9 Å². The second kappa shape index (κ2) is 4.37. The van der Waals surface area contributed by atoms with Crippen molar-refractivity contribution < 1.29 is 4.79 Å². The van der Waals surface area contributed by atoms with Crippen molar-refractivity contribution in [1.29, 1.82) is 0 Å². The Morgan fingerprint density at radius 3 is 2.53 bits per heavy atom. The number of anilines is 1. The fourth-order valence-corrected chi connectivity index (χ4v) is 2.67. The fraction of sp³-hybridized carbons (Fsp3) is 0. The topological polar surface area (TPSA) is 55.4 Å². The summed E-state index contributed by atoms with van der Waals surface area (Å²) in [6.07, 6.45) is 0. The standard InChI is InChI=1S/C14H8Cl2N2O/c15-7-5-9(16)12(10(17)6-7)13-14(19)8-3-1-2-4-11(8)18-13/h1-6H,17H2. The van der Waals surface area contributed by atoms with Crippen LogP contribution >= 0.6 is 23.2 Å². The maximum atomic E-state index is 12.3. The highest BCUT2D eigenvalue weighted by atomic mass is 35.5. The third-order valence-electron chi connectivity index (χ3n) is 2.92. The molecule has 2 N–H and O–H groups in total. The lowest BCUT2D eigenvalue weighted by Gasteiger charge is -2.07. The minimum atomic E-state index is -0.175. The SMILES string of the molecule is Nc1cc(Cl)cc(Cl)c1C1=Nc2ccccc2C1=O. The summed E-state index contributed by atoms with van der Waals surface area (Å²) in [5.74, 6) is -0.175. The van der Waals surface area contributed by atoms with Crippen molar-refractivity contribution in [3.05, 3.63) is 57.6 Å². The number of nitrogen functional groups attached to an aromatic ring is 1. The molecule has 2 aromatic rings. The number of carbonyl (C=O) groups excluding carboxylic acids is 1. The molecule has 0 saturated carbocycles. The molecule has 0 atom stereocenters. The van der Waals surface area contributed by atoms with Gasteiger partial charge in [0.1, 0.15) is 5.71 Å². The van der Waals surface area contributed by atoms with E-state index in [1.165, 1.54) is 0 Å². The first-order chi connectivity index (χ1) is 9.08. The Kier molecular flexibility index (Phi) is 2.81. The van der Waals surface area contributed by atoms with Crippen molar-refractivity contribution >= 4 is 46.1 Å². The van der Waals surface area contributed by atoms with Gasteiger partial charge >= 0.3 is 0 Å². The quantitative estimate of drug-likeness (QED) is 0.810. The minimum absolute atomic E-state index is 0.175. The van der Waals surface area contributed by atoms with Crippen LogP contribution in [0, 0.1) is 0 Å². The average Bonchev–Trinajstić information content (AvgIpc) is 2.66. The molecule has 94 valence electrons. The van der Waals surface area contributed by atoms with Gasteiger partial charge in [0, 0.05) is 21.8 Å². The van der Waals surface area contributed by atoms with Crippen LogP contribution in [0.5, 0.6) is 0 Å². The Morgan fingerprint density at radius 1 is 1.11 bits per heavy atom. The molecule has 0 spiro atoms. The van der Waals surface area contributed by atoms with Crippen LogP contribution in [0.3, 0.4) is 0 Å². The second-order valence-electron chi connectivity index (χ2n) is 4.16. The molecule has 2 aromatic carbocycles. The molecule has 0 saturated heterocycles. The normalized spacial score (nSPS) is 13.4. The zero-order valence-corrected chi connectivity index (χ0v) is 11.2. The smallest absolute Gasteiger partial charge is 0.214 e. The lowest BCUT2D eigenvalue weighted by atomic mass is 10.0. The summed E-state index contributed by atoms with van der Waals surface area (Å²) in [6.45, 7) is 0. The van der Waals surface area contributed by atoms with Gasteiger partial charge < -0.3 is 5.73 Å². The highest BCUT2D eigenvalue weighted by molar-refractivity contribution is 6.57. The Morgan fingerprint density at radius 2 is 1.84 bits per heavy atom. The van der Waals surface area contributed by atoms with Crippen LogP contribution in [0.2, 0.25) is 10.0 Å². The molecule has 0 aromatic heterocycles. The van der Waals surface area contributed by atoms with Gasteiger partial charge in [-0.1, -0.05) is 35.3 Å². The van der Waals surface area contributed by atoms with Crippen LogP contribution < -0.4 is 5.73 Å². The number of hydrogen-bond donors (Lipinski definition) is 1. The van der Waals surface area contributed by atoms with Gasteiger partial charge in [0.25, 0.3) is 0 Å². The molecule has 0 fully saturated rings. The van der Waals surface area contributed by atoms with E-state index in [0.717, 1.165) is 0 Å². The van der Waals surface area contributed by atoms with Gasteiger partial charge in [-0.3, -0.25) is 4.79 Å². The van der Waals surface area contributed by atoms with Gasteiger partial charge in [-0.15, -0.1) is 0 Å². The third-order valence-corrected chi connectivity index (χ3v) is 3.43. The summed E-state index contributed by atoms with van der Waals surface area (Å²) >= 11 is 12.0. The predicted octanol–water partition coefficient (Wildman–Crippen LogP) is 3.89. The molecule has 0 aliphatic carbocycles. The van der Waals surface area contributed by atoms with Gasteiger partial charge in [-0.05, 0) is 24.3 Å². The second-order valence-corrected chi connectivity index (χ2v) is 5.00. The Hall–Kier alpha value is -1.84. The van der Waals surface area contributed by atoms with Gasteiger partial charge in [-0.25, -0.2) is 4.99 Å². The highest BCUT2D eigenvalue weighted by Crippen LogP contribution is 2.34. The van der Waals surface area contributed by atoms with E-state index in [-0.39, 0.29) is 11.5 Å². The molecule has 1 aliphatic heterocycles. The number of para-hydroxylation sites is 1. The molecule has 0 unspecified atom stereocenters. The molecule has 0 radical (unpaired) electrons. The summed E-state index contributed by atoms with van der Waals surface area (Å²) < 4.78 is 0. The molecule has 3 nitrogen and oxygen atoms in total. The number of hydrogen-bond acceptors (Lipinski definition) is 3. The van der Waals surface area contributed by atoms with Crippen molar-refractivity contribution in [3.63, 3.8) is 0 Å². The van der Waals surface area contributed by atoms with E-state index < -0.39 is 0 Å². The number of Topliss-reactive ketones (excluding diaryl/α,β-unsaturated/α-hetero) is 1. The van der Waals surface area contributed by atoms with E-state index in [2.05, 4.69) is 4.99 Å². The first-order valence-corrected chi connectivity index (χ1v) is 6.31. The Labute approximate surface area is 119 Å². The van der Waals surface area contributed by atoms with Crippen LogP contribution in [0.4, 0.5) is 11.4 Å². The van der Waals surface area contributed by atoms with E-state index in [0.29, 0.717) is 32.5 Å². The van der Waals surface area contributed by atoms with Gasteiger partial charge in [0.15, 0.2) is 0 Å². The lowest BCUT2D eigenvalue weighted by molar-refractivity contribution is 0.107. The molecule has 0 amide bonds. The molecular formula is C14H8Cl2N2O. The van der Waals surface area contributed by atoms with Gasteiger partial charge in [0.05, 0.1) is 10.7 Å². The van der Waals surface area contributed by atoms with E-state index >= 15 is 0 Å². The summed E-state index contributed by atoms with van der Waals surface area (Å²) in [6, 6.07) is 10.2. The molecule has 3 rings (SSSR count). The van der Waals surface area contributed by atoms with Crippen LogP contribution in [0.15, 0.2) is 41.4 Å². The van der Waals surface area contributed by atoms with Crippen LogP contribution in [-0.2, 0) is 0 Å². The van der Waals surface area contributed by atoms with Crippen molar-refractivity contribution in [2.75, 3.05) is 5.73 Å². The van der Waals surface area contributed by atoms with Gasteiger partial charge in [0.2, 0.25) is 5.78 Å².